The molecule has 0 saturated heterocycles. The topological polar surface area (TPSA) is 9.23 Å². The van der Waals surface area contributed by atoms with Crippen molar-refractivity contribution in [2.45, 2.75) is 24.7 Å². The highest BCUT2D eigenvalue weighted by Crippen LogP contribution is 3.02. The van der Waals surface area contributed by atoms with Crippen LogP contribution in [-0.2, 0) is 0 Å². The molecule has 0 unspecified atom stereocenters. The first-order valence-electron chi connectivity index (χ1n) is 5.00. The van der Waals surface area contributed by atoms with Gasteiger partial charge in [-0.05, 0) is 30.7 Å². The van der Waals surface area contributed by atoms with E-state index in [4.69, 9.17) is 4.74 Å². The molecular weight excluding hydrogens is 263 g/mol. The van der Waals surface area contributed by atoms with Gasteiger partial charge in [0.25, 0.3) is 0 Å². The molecule has 0 saturated carbocycles. The molecule has 0 atom stereocenters. The summed E-state index contributed by atoms with van der Waals surface area (Å²) in [5.74, 6) is 0.157. The third-order valence-corrected chi connectivity index (χ3v) is 3.20. The van der Waals surface area contributed by atoms with Crippen LogP contribution in [0.2, 0.25) is 0 Å². The first-order valence-corrected chi connectivity index (χ1v) is 6.95. The van der Waals surface area contributed by atoms with Gasteiger partial charge in [0.15, 0.2) is 0 Å². The monoisotopic (exact) mass is 276 g/mol. The molecule has 0 aliphatic heterocycles. The molecule has 1 aromatic carbocycles. The lowest BCUT2D eigenvalue weighted by Crippen LogP contribution is -2.05. The quantitative estimate of drug-likeness (QED) is 0.508. The van der Waals surface area contributed by atoms with Gasteiger partial charge in [-0.1, -0.05) is 32.8 Å². The van der Waals surface area contributed by atoms with Crippen molar-refractivity contribution in [3.63, 3.8) is 0 Å². The van der Waals surface area contributed by atoms with Crippen LogP contribution in [0.25, 0.3) is 0 Å². The number of ether oxygens (including phenoxy) is 1. The molecule has 0 aliphatic rings. The Bertz CT molecular complexity index is 382. The van der Waals surface area contributed by atoms with Gasteiger partial charge in [-0.3, -0.25) is 0 Å². The lowest BCUT2D eigenvalue weighted by molar-refractivity contribution is 0.309. The molecule has 0 fully saturated rings. The number of hydrogen-bond donors (Lipinski definition) is 0. The molecule has 0 aromatic heterocycles. The molecule has 0 N–H and O–H groups in total. The van der Waals surface area contributed by atoms with Crippen LogP contribution in [0.15, 0.2) is 29.2 Å². The van der Waals surface area contributed by atoms with E-state index in [0.29, 0.717) is 18.7 Å². The van der Waals surface area contributed by atoms with Gasteiger partial charge in [0.1, 0.15) is 10.6 Å². The molecular formula is C10H13F5OS. The number of halogens is 5. The van der Waals surface area contributed by atoms with E-state index in [1.165, 1.54) is 0 Å². The molecule has 7 heteroatoms. The standard InChI is InChI=1S/C10H13F5OS/c1-2-3-8-16-9-4-6-10(7-5-9)17(11,12,13,14)15/h4-7H,2-3,8H2,1H3. The third-order valence-electron chi connectivity index (χ3n) is 2.04. The van der Waals surface area contributed by atoms with Gasteiger partial charge >= 0.3 is 10.2 Å². The number of unbranched alkanes of at least 4 members (excludes halogenated alkanes) is 1. The van der Waals surface area contributed by atoms with Crippen LogP contribution in [0, 0.1) is 0 Å². The maximum atomic E-state index is 12.3. The Morgan fingerprint density at radius 2 is 1.53 bits per heavy atom. The van der Waals surface area contributed by atoms with E-state index >= 15 is 0 Å². The Labute approximate surface area is 96.3 Å². The summed E-state index contributed by atoms with van der Waals surface area (Å²) in [6.07, 6.45) is 1.63. The minimum Gasteiger partial charge on any atom is -0.494 e. The summed E-state index contributed by atoms with van der Waals surface area (Å²) in [4.78, 5) is -1.90. The van der Waals surface area contributed by atoms with Crippen molar-refractivity contribution < 1.29 is 24.2 Å². The van der Waals surface area contributed by atoms with Gasteiger partial charge in [-0.25, -0.2) is 0 Å². The van der Waals surface area contributed by atoms with Crippen LogP contribution in [0.5, 0.6) is 5.75 Å². The van der Waals surface area contributed by atoms with E-state index in [-0.39, 0.29) is 5.75 Å². The molecule has 1 nitrogen and oxygen atoms in total. The molecule has 100 valence electrons. The van der Waals surface area contributed by atoms with Gasteiger partial charge in [0.05, 0.1) is 6.61 Å². The van der Waals surface area contributed by atoms with Gasteiger partial charge in [0.2, 0.25) is 0 Å². The van der Waals surface area contributed by atoms with Gasteiger partial charge in [-0.15, -0.1) is 0 Å². The first kappa shape index (κ1) is 14.1. The van der Waals surface area contributed by atoms with Crippen molar-refractivity contribution in [2.24, 2.45) is 0 Å². The fourth-order valence-electron chi connectivity index (χ4n) is 1.13. The molecule has 1 aromatic rings. The van der Waals surface area contributed by atoms with E-state index in [2.05, 4.69) is 0 Å². The summed E-state index contributed by atoms with van der Waals surface area (Å²) in [5.41, 5.74) is 0. The molecule has 1 rings (SSSR count). The van der Waals surface area contributed by atoms with Crippen molar-refractivity contribution in [2.75, 3.05) is 6.61 Å². The van der Waals surface area contributed by atoms with Crippen LogP contribution >= 0.6 is 10.2 Å². The fraction of sp³-hybridized carbons (Fsp3) is 0.400. The summed E-state index contributed by atoms with van der Waals surface area (Å²) >= 11 is 0. The zero-order valence-corrected chi connectivity index (χ0v) is 9.95. The van der Waals surface area contributed by atoms with E-state index in [1.807, 2.05) is 6.92 Å². The largest absolute Gasteiger partial charge is 0.494 e. The fourth-order valence-corrected chi connectivity index (χ4v) is 1.78. The second-order valence-electron chi connectivity index (χ2n) is 3.64. The van der Waals surface area contributed by atoms with Crippen molar-refractivity contribution >= 4 is 10.2 Å². The first-order chi connectivity index (χ1) is 7.53. The molecule has 0 bridgehead atoms. The third kappa shape index (κ3) is 4.41. The number of rotatable bonds is 5. The number of benzene rings is 1. The van der Waals surface area contributed by atoms with Crippen LogP contribution in [0.4, 0.5) is 19.4 Å². The molecule has 0 amide bonds. The predicted octanol–water partition coefficient (Wildman–Crippen LogP) is 5.52. The van der Waals surface area contributed by atoms with Crippen molar-refractivity contribution in [3.05, 3.63) is 24.3 Å². The van der Waals surface area contributed by atoms with Gasteiger partial charge < -0.3 is 4.74 Å². The van der Waals surface area contributed by atoms with Gasteiger partial charge in [-0.2, -0.15) is 0 Å². The Kier molecular flexibility index (Phi) is 3.12. The van der Waals surface area contributed by atoms with Crippen molar-refractivity contribution in [3.8, 4) is 5.75 Å². The van der Waals surface area contributed by atoms with E-state index in [9.17, 15) is 19.4 Å². The number of hydrogen-bond acceptors (Lipinski definition) is 1. The minimum atomic E-state index is -9.55. The smallest absolute Gasteiger partial charge is 0.310 e. The van der Waals surface area contributed by atoms with E-state index < -0.39 is 15.1 Å². The second-order valence-corrected chi connectivity index (χ2v) is 6.05. The summed E-state index contributed by atoms with van der Waals surface area (Å²) in [7, 11) is -9.55. The summed E-state index contributed by atoms with van der Waals surface area (Å²) in [5, 5.41) is 0. The van der Waals surface area contributed by atoms with E-state index in [1.54, 1.807) is 0 Å². The zero-order valence-electron chi connectivity index (χ0n) is 9.14. The van der Waals surface area contributed by atoms with Crippen molar-refractivity contribution in [1.29, 1.82) is 0 Å². The maximum Gasteiger partial charge on any atom is 0.310 e. The lowest BCUT2D eigenvalue weighted by Gasteiger charge is -2.40. The molecule has 0 aliphatic carbocycles. The summed E-state index contributed by atoms with van der Waals surface area (Å²) < 4.78 is 66.8. The minimum absolute atomic E-state index is 0.157. The molecule has 0 spiro atoms. The Morgan fingerprint density at radius 1 is 1.00 bits per heavy atom. The Morgan fingerprint density at radius 3 is 1.94 bits per heavy atom. The summed E-state index contributed by atoms with van der Waals surface area (Å²) in [6.45, 7) is 2.28. The Balaban J connectivity index is 2.83. The molecule has 0 radical (unpaired) electrons. The average Bonchev–Trinajstić information content (AvgIpc) is 2.15. The van der Waals surface area contributed by atoms with Crippen LogP contribution in [0.1, 0.15) is 19.8 Å². The highest BCUT2D eigenvalue weighted by Gasteiger charge is 2.65. The predicted molar refractivity (Wildman–Crippen MR) is 58.2 cm³/mol. The maximum absolute atomic E-state index is 12.3. The second kappa shape index (κ2) is 3.76. The SMILES string of the molecule is CCCCOc1ccc(S(F)(F)(F)(F)F)cc1. The zero-order chi connectivity index (χ0) is 13.2. The van der Waals surface area contributed by atoms with Gasteiger partial charge in [0, 0.05) is 0 Å². The molecule has 0 heterocycles. The van der Waals surface area contributed by atoms with Crippen LogP contribution in [0.3, 0.4) is 0 Å². The van der Waals surface area contributed by atoms with Crippen molar-refractivity contribution in [1.82, 2.24) is 0 Å². The lowest BCUT2D eigenvalue weighted by atomic mass is 10.3. The highest BCUT2D eigenvalue weighted by atomic mass is 32.5. The van der Waals surface area contributed by atoms with E-state index in [0.717, 1.165) is 25.0 Å². The average molecular weight is 276 g/mol. The normalized spacial score (nSPS) is 16.1. The molecule has 17 heavy (non-hydrogen) atoms. The van der Waals surface area contributed by atoms with Crippen LogP contribution < -0.4 is 4.74 Å². The summed E-state index contributed by atoms with van der Waals surface area (Å²) in [6, 6.07) is 2.51. The van der Waals surface area contributed by atoms with Crippen LogP contribution in [-0.4, -0.2) is 6.61 Å². The highest BCUT2D eigenvalue weighted by molar-refractivity contribution is 8.45. The Hall–Kier alpha value is -0.980.